The zero-order chi connectivity index (χ0) is 21.3. The first kappa shape index (κ1) is 20.6. The van der Waals surface area contributed by atoms with E-state index in [1.807, 2.05) is 32.0 Å². The van der Waals surface area contributed by atoms with E-state index in [0.29, 0.717) is 5.56 Å². The van der Waals surface area contributed by atoms with E-state index < -0.39 is 12.1 Å². The van der Waals surface area contributed by atoms with Gasteiger partial charge in [0.2, 0.25) is 11.8 Å². The number of benzene rings is 2. The molecule has 4 rings (SSSR count). The minimum Gasteiger partial charge on any atom is -0.342 e. The maximum Gasteiger partial charge on any atom is 0.246 e. The van der Waals surface area contributed by atoms with Crippen LogP contribution in [0, 0.1) is 17.7 Å². The summed E-state index contributed by atoms with van der Waals surface area (Å²) in [7, 11) is 0. The molecule has 2 aliphatic rings. The number of halogens is 1. The Labute approximate surface area is 177 Å². The summed E-state index contributed by atoms with van der Waals surface area (Å²) in [6.45, 7) is 4.35. The lowest BCUT2D eigenvalue weighted by Gasteiger charge is -2.43. The fraction of sp³-hybridized carbons (Fsp3) is 0.440. The summed E-state index contributed by atoms with van der Waals surface area (Å²) < 4.78 is 13.8. The van der Waals surface area contributed by atoms with Crippen LogP contribution in [0.3, 0.4) is 0 Å². The second kappa shape index (κ2) is 8.58. The molecule has 1 saturated heterocycles. The van der Waals surface area contributed by atoms with Gasteiger partial charge in [0.25, 0.3) is 0 Å². The monoisotopic (exact) mass is 408 g/mol. The molecule has 0 aromatic heterocycles. The van der Waals surface area contributed by atoms with E-state index >= 15 is 0 Å². The van der Waals surface area contributed by atoms with Crippen LogP contribution >= 0.6 is 0 Å². The molecule has 1 aliphatic heterocycles. The van der Waals surface area contributed by atoms with Crippen molar-refractivity contribution < 1.29 is 14.0 Å². The van der Waals surface area contributed by atoms with Gasteiger partial charge in [0, 0.05) is 6.54 Å². The van der Waals surface area contributed by atoms with Crippen LogP contribution in [0.1, 0.15) is 43.4 Å². The molecule has 2 aromatic carbocycles. The third-order valence-corrected chi connectivity index (χ3v) is 6.74. The van der Waals surface area contributed by atoms with Crippen molar-refractivity contribution in [3.8, 4) is 0 Å². The number of carbonyl (C=O) groups excluding carboxylic acids is 2. The molecule has 2 amide bonds. The summed E-state index contributed by atoms with van der Waals surface area (Å²) in [4.78, 5) is 28.6. The van der Waals surface area contributed by atoms with Crippen LogP contribution < -0.4 is 5.32 Å². The number of nitrogens with one attached hydrogen (secondary N) is 1. The third kappa shape index (κ3) is 3.85. The first-order chi connectivity index (χ1) is 14.5. The maximum absolute atomic E-state index is 13.8. The normalized spacial score (nSPS) is 21.8. The van der Waals surface area contributed by atoms with Crippen LogP contribution in [0.2, 0.25) is 0 Å². The molecule has 2 aromatic rings. The highest BCUT2D eigenvalue weighted by Crippen LogP contribution is 2.33. The van der Waals surface area contributed by atoms with E-state index in [1.54, 1.807) is 11.0 Å². The van der Waals surface area contributed by atoms with Gasteiger partial charge in [-0.1, -0.05) is 63.1 Å². The van der Waals surface area contributed by atoms with Crippen molar-refractivity contribution in [3.63, 3.8) is 0 Å². The summed E-state index contributed by atoms with van der Waals surface area (Å²) >= 11 is 0. The summed E-state index contributed by atoms with van der Waals surface area (Å²) in [5.41, 5.74) is 3.22. The number of rotatable bonds is 6. The Morgan fingerprint density at radius 2 is 1.70 bits per heavy atom. The summed E-state index contributed by atoms with van der Waals surface area (Å²) in [6.07, 6.45) is 3.19. The molecule has 4 nitrogen and oxygen atoms in total. The number of hydrogen-bond donors (Lipinski definition) is 1. The lowest BCUT2D eigenvalue weighted by atomic mass is 9.86. The molecule has 0 unspecified atom stereocenters. The van der Waals surface area contributed by atoms with Crippen molar-refractivity contribution >= 4 is 11.8 Å². The average molecular weight is 409 g/mol. The molecular formula is C25H29FN2O2. The number of carbonyl (C=O) groups is 2. The van der Waals surface area contributed by atoms with E-state index in [1.165, 1.54) is 23.3 Å². The number of piperazine rings is 1. The summed E-state index contributed by atoms with van der Waals surface area (Å²) in [6, 6.07) is 13.5. The van der Waals surface area contributed by atoms with Gasteiger partial charge in [-0.2, -0.15) is 0 Å². The Kier molecular flexibility index (Phi) is 5.89. The number of amides is 2. The Hall–Kier alpha value is -2.69. The lowest BCUT2D eigenvalue weighted by molar-refractivity contribution is -0.154. The van der Waals surface area contributed by atoms with Crippen LogP contribution in [0.5, 0.6) is 0 Å². The Balaban J connectivity index is 1.63. The van der Waals surface area contributed by atoms with Crippen LogP contribution in [0.4, 0.5) is 4.39 Å². The second-order valence-electron chi connectivity index (χ2n) is 8.54. The fourth-order valence-electron chi connectivity index (χ4n) is 5.12. The summed E-state index contributed by atoms with van der Waals surface area (Å²) in [5.74, 6) is -0.335. The molecule has 0 spiro atoms. The van der Waals surface area contributed by atoms with Gasteiger partial charge in [0.15, 0.2) is 0 Å². The van der Waals surface area contributed by atoms with Gasteiger partial charge in [-0.05, 0) is 53.5 Å². The third-order valence-electron chi connectivity index (χ3n) is 6.74. The molecule has 30 heavy (non-hydrogen) atoms. The van der Waals surface area contributed by atoms with Crippen LogP contribution in [0.25, 0.3) is 0 Å². The van der Waals surface area contributed by atoms with Crippen LogP contribution in [-0.4, -0.2) is 28.8 Å². The average Bonchev–Trinajstić information content (AvgIpc) is 3.17. The SMILES string of the molecule is CCC(CC)[C@@H]1C(=O)N[C@H](C2Cc3ccccc3C2)C(=O)N1Cc1cccc(F)c1. The van der Waals surface area contributed by atoms with Crippen molar-refractivity contribution in [2.75, 3.05) is 0 Å². The molecule has 158 valence electrons. The Morgan fingerprint density at radius 3 is 2.30 bits per heavy atom. The molecule has 1 aliphatic carbocycles. The first-order valence-corrected chi connectivity index (χ1v) is 10.9. The van der Waals surface area contributed by atoms with E-state index in [4.69, 9.17) is 0 Å². The largest absolute Gasteiger partial charge is 0.342 e. The first-order valence-electron chi connectivity index (χ1n) is 10.9. The van der Waals surface area contributed by atoms with Gasteiger partial charge in [-0.15, -0.1) is 0 Å². The predicted molar refractivity (Wildman–Crippen MR) is 114 cm³/mol. The highest BCUT2D eigenvalue weighted by molar-refractivity contribution is 5.97. The molecule has 0 saturated carbocycles. The standard InChI is InChI=1S/C25H29FN2O2/c1-3-17(4-2)23-24(29)27-22(20-13-18-9-5-6-10-19(18)14-20)25(30)28(23)15-16-8-7-11-21(26)12-16/h5-12,17,20,22-23H,3-4,13-15H2,1-2H3,(H,27,29)/t22-,23-/m1/s1. The predicted octanol–water partition coefficient (Wildman–Crippen LogP) is 3.87. The van der Waals surface area contributed by atoms with E-state index in [9.17, 15) is 14.0 Å². The molecule has 0 bridgehead atoms. The highest BCUT2D eigenvalue weighted by Gasteiger charge is 2.46. The number of nitrogens with zero attached hydrogens (tertiary/aromatic N) is 1. The van der Waals surface area contributed by atoms with Crippen molar-refractivity contribution in [1.82, 2.24) is 10.2 Å². The van der Waals surface area contributed by atoms with Crippen molar-refractivity contribution in [2.45, 2.75) is 58.2 Å². The van der Waals surface area contributed by atoms with Gasteiger partial charge in [0.1, 0.15) is 17.9 Å². The fourth-order valence-corrected chi connectivity index (χ4v) is 5.12. The second-order valence-corrected chi connectivity index (χ2v) is 8.54. The topological polar surface area (TPSA) is 49.4 Å². The van der Waals surface area contributed by atoms with Gasteiger partial charge in [-0.25, -0.2) is 4.39 Å². The Bertz CT molecular complexity index is 915. The number of fused-ring (bicyclic) bond motifs is 1. The number of hydrogen-bond acceptors (Lipinski definition) is 2. The molecule has 2 atom stereocenters. The Morgan fingerprint density at radius 1 is 1.03 bits per heavy atom. The lowest BCUT2D eigenvalue weighted by Crippen LogP contribution is -2.66. The minimum absolute atomic E-state index is 0.0476. The maximum atomic E-state index is 13.8. The quantitative estimate of drug-likeness (QED) is 0.789. The molecule has 5 heteroatoms. The van der Waals surface area contributed by atoms with Crippen LogP contribution in [0.15, 0.2) is 48.5 Å². The summed E-state index contributed by atoms with van der Waals surface area (Å²) in [5, 5.41) is 3.07. The molecule has 1 N–H and O–H groups in total. The smallest absolute Gasteiger partial charge is 0.246 e. The van der Waals surface area contributed by atoms with Crippen LogP contribution in [-0.2, 0) is 29.0 Å². The molecule has 0 radical (unpaired) electrons. The van der Waals surface area contributed by atoms with Crippen molar-refractivity contribution in [2.24, 2.45) is 11.8 Å². The van der Waals surface area contributed by atoms with Crippen molar-refractivity contribution in [1.29, 1.82) is 0 Å². The van der Waals surface area contributed by atoms with Gasteiger partial charge in [0.05, 0.1) is 0 Å². The minimum atomic E-state index is -0.538. The van der Waals surface area contributed by atoms with Gasteiger partial charge >= 0.3 is 0 Å². The highest BCUT2D eigenvalue weighted by atomic mass is 19.1. The zero-order valence-electron chi connectivity index (χ0n) is 17.6. The van der Waals surface area contributed by atoms with E-state index in [0.717, 1.165) is 25.7 Å². The van der Waals surface area contributed by atoms with Gasteiger partial charge in [-0.3, -0.25) is 9.59 Å². The van der Waals surface area contributed by atoms with E-state index in [2.05, 4.69) is 17.4 Å². The molecule has 1 heterocycles. The van der Waals surface area contributed by atoms with Gasteiger partial charge < -0.3 is 10.2 Å². The zero-order valence-corrected chi connectivity index (χ0v) is 17.6. The van der Waals surface area contributed by atoms with Crippen molar-refractivity contribution in [3.05, 3.63) is 71.0 Å². The molecular weight excluding hydrogens is 379 g/mol. The molecule has 1 fully saturated rings. The van der Waals surface area contributed by atoms with E-state index in [-0.39, 0.29) is 36.0 Å².